The lowest BCUT2D eigenvalue weighted by Gasteiger charge is -2.12. The number of hydrogen-bond donors (Lipinski definition) is 0. The molecule has 0 bridgehead atoms. The molecular weight excluding hydrogens is 466 g/mol. The van der Waals surface area contributed by atoms with E-state index in [1.165, 1.54) is 11.8 Å². The highest BCUT2D eigenvalue weighted by Crippen LogP contribution is 2.41. The van der Waals surface area contributed by atoms with Crippen LogP contribution in [0.4, 0.5) is 0 Å². The predicted octanol–water partition coefficient (Wildman–Crippen LogP) is 4.99. The van der Waals surface area contributed by atoms with Crippen LogP contribution < -0.4 is 14.2 Å². The van der Waals surface area contributed by atoms with Crippen LogP contribution in [0, 0.1) is 0 Å². The molecule has 0 saturated carbocycles. The van der Waals surface area contributed by atoms with Gasteiger partial charge in [-0.1, -0.05) is 35.5 Å². The van der Waals surface area contributed by atoms with Crippen LogP contribution in [-0.2, 0) is 12.3 Å². The van der Waals surface area contributed by atoms with Crippen molar-refractivity contribution in [1.82, 2.24) is 25.0 Å². The molecule has 33 heavy (non-hydrogen) atoms. The summed E-state index contributed by atoms with van der Waals surface area (Å²) in [7, 11) is 4.66. The van der Waals surface area contributed by atoms with Crippen molar-refractivity contribution in [3.05, 3.63) is 47.3 Å². The van der Waals surface area contributed by atoms with Gasteiger partial charge in [-0.2, -0.15) is 0 Å². The molecule has 9 nitrogen and oxygen atoms in total. The fourth-order valence-electron chi connectivity index (χ4n) is 3.28. The molecule has 4 rings (SSSR count). The largest absolute Gasteiger partial charge is 0.493 e. The van der Waals surface area contributed by atoms with E-state index in [9.17, 15) is 0 Å². The van der Waals surface area contributed by atoms with Gasteiger partial charge in [0.05, 0.1) is 27.1 Å². The number of halogens is 1. The number of thioether (sulfide) groups is 1. The summed E-state index contributed by atoms with van der Waals surface area (Å²) in [5.41, 5.74) is 1.57. The zero-order chi connectivity index (χ0) is 23.4. The van der Waals surface area contributed by atoms with Crippen molar-refractivity contribution in [2.75, 3.05) is 21.3 Å². The van der Waals surface area contributed by atoms with Gasteiger partial charge in [0, 0.05) is 22.7 Å². The molecule has 2 aromatic heterocycles. The fraction of sp³-hybridized carbons (Fsp3) is 0.273. The Bertz CT molecular complexity index is 1230. The second kappa shape index (κ2) is 10.1. The van der Waals surface area contributed by atoms with Crippen molar-refractivity contribution in [2.45, 2.75) is 24.4 Å². The number of ether oxygens (including phenoxy) is 3. The lowest BCUT2D eigenvalue weighted by atomic mass is 10.2. The van der Waals surface area contributed by atoms with Crippen LogP contribution in [0.5, 0.6) is 17.2 Å². The second-order valence-electron chi connectivity index (χ2n) is 6.76. The van der Waals surface area contributed by atoms with Crippen LogP contribution in [0.1, 0.15) is 12.8 Å². The first kappa shape index (κ1) is 22.9. The molecule has 0 saturated heterocycles. The van der Waals surface area contributed by atoms with E-state index in [1.807, 2.05) is 35.8 Å². The third kappa shape index (κ3) is 4.76. The maximum absolute atomic E-state index is 6.13. The Hall–Kier alpha value is -3.24. The summed E-state index contributed by atoms with van der Waals surface area (Å²) in [6, 6.07) is 11.1. The van der Waals surface area contributed by atoms with E-state index in [-0.39, 0.29) is 0 Å². The van der Waals surface area contributed by atoms with Gasteiger partial charge in [-0.15, -0.1) is 20.4 Å². The molecule has 0 unspecified atom stereocenters. The Morgan fingerprint density at radius 1 is 0.939 bits per heavy atom. The minimum absolute atomic E-state index is 0.349. The van der Waals surface area contributed by atoms with Gasteiger partial charge in [0.25, 0.3) is 0 Å². The third-order valence-corrected chi connectivity index (χ3v) is 6.01. The van der Waals surface area contributed by atoms with E-state index in [0.717, 1.165) is 16.5 Å². The Labute approximate surface area is 200 Å². The highest BCUT2D eigenvalue weighted by Gasteiger charge is 2.19. The lowest BCUT2D eigenvalue weighted by Crippen LogP contribution is -2.00. The first-order valence-corrected chi connectivity index (χ1v) is 11.4. The highest BCUT2D eigenvalue weighted by molar-refractivity contribution is 7.98. The number of methoxy groups -OCH3 is 3. The van der Waals surface area contributed by atoms with E-state index in [4.69, 9.17) is 30.2 Å². The summed E-state index contributed by atoms with van der Waals surface area (Å²) < 4.78 is 24.1. The smallest absolute Gasteiger partial charge is 0.248 e. The van der Waals surface area contributed by atoms with Crippen LogP contribution >= 0.6 is 23.4 Å². The first-order chi connectivity index (χ1) is 16.1. The number of nitrogens with zero attached hydrogens (tertiary/aromatic N) is 5. The molecule has 0 aliphatic carbocycles. The topological polar surface area (TPSA) is 97.3 Å². The second-order valence-corrected chi connectivity index (χ2v) is 8.14. The van der Waals surface area contributed by atoms with Gasteiger partial charge in [-0.25, -0.2) is 0 Å². The van der Waals surface area contributed by atoms with Crippen LogP contribution in [0.15, 0.2) is 46.0 Å². The summed E-state index contributed by atoms with van der Waals surface area (Å²) in [5, 5.41) is 18.4. The minimum Gasteiger partial charge on any atom is -0.493 e. The Kier molecular flexibility index (Phi) is 7.05. The molecule has 11 heteroatoms. The predicted molar refractivity (Wildman–Crippen MR) is 125 cm³/mol. The molecule has 0 atom stereocenters. The molecule has 4 aromatic rings. The molecule has 0 aliphatic rings. The molecule has 0 aliphatic heterocycles. The Balaban J connectivity index is 1.54. The zero-order valence-electron chi connectivity index (χ0n) is 18.5. The summed E-state index contributed by atoms with van der Waals surface area (Å²) in [6.45, 7) is 2.74. The van der Waals surface area contributed by atoms with Gasteiger partial charge in [-0.3, -0.25) is 0 Å². The Morgan fingerprint density at radius 2 is 1.70 bits per heavy atom. The standard InChI is InChI=1S/C22H22ClN5O4S/c1-5-28-20(13-7-6-8-15(23)9-13)25-27-22(28)33-12-18-24-26-21(32-18)14-10-16(29-2)19(31-4)17(11-14)30-3/h6-11H,5,12H2,1-4H3. The Morgan fingerprint density at radius 3 is 2.33 bits per heavy atom. The van der Waals surface area contributed by atoms with Crippen LogP contribution in [0.25, 0.3) is 22.8 Å². The van der Waals surface area contributed by atoms with Crippen molar-refractivity contribution in [3.8, 4) is 40.1 Å². The normalized spacial score (nSPS) is 10.9. The van der Waals surface area contributed by atoms with Gasteiger partial charge in [0.15, 0.2) is 22.5 Å². The maximum atomic E-state index is 6.13. The molecule has 0 fully saturated rings. The van der Waals surface area contributed by atoms with Gasteiger partial charge in [0.2, 0.25) is 17.5 Å². The van der Waals surface area contributed by atoms with E-state index in [0.29, 0.717) is 51.9 Å². The summed E-state index contributed by atoms with van der Waals surface area (Å²) in [5.74, 6) is 3.50. The molecule has 0 N–H and O–H groups in total. The molecule has 2 heterocycles. The van der Waals surface area contributed by atoms with E-state index >= 15 is 0 Å². The van der Waals surface area contributed by atoms with Crippen molar-refractivity contribution in [2.24, 2.45) is 0 Å². The van der Waals surface area contributed by atoms with Crippen molar-refractivity contribution < 1.29 is 18.6 Å². The number of rotatable bonds is 9. The van der Waals surface area contributed by atoms with Crippen LogP contribution in [0.2, 0.25) is 5.02 Å². The molecule has 0 spiro atoms. The molecule has 172 valence electrons. The molecule has 2 aromatic carbocycles. The van der Waals surface area contributed by atoms with Gasteiger partial charge >= 0.3 is 0 Å². The molecular formula is C22H22ClN5O4S. The average molecular weight is 488 g/mol. The SMILES string of the molecule is CCn1c(SCc2nnc(-c3cc(OC)c(OC)c(OC)c3)o2)nnc1-c1cccc(Cl)c1. The van der Waals surface area contributed by atoms with Gasteiger partial charge in [-0.05, 0) is 31.2 Å². The van der Waals surface area contributed by atoms with E-state index in [2.05, 4.69) is 20.4 Å². The van der Waals surface area contributed by atoms with E-state index < -0.39 is 0 Å². The average Bonchev–Trinajstić information content (AvgIpc) is 3.48. The lowest BCUT2D eigenvalue weighted by molar-refractivity contribution is 0.324. The monoisotopic (exact) mass is 487 g/mol. The fourth-order valence-corrected chi connectivity index (χ4v) is 4.31. The number of aromatic nitrogens is 5. The van der Waals surface area contributed by atoms with Gasteiger partial charge < -0.3 is 23.2 Å². The van der Waals surface area contributed by atoms with Crippen LogP contribution in [0.3, 0.4) is 0 Å². The van der Waals surface area contributed by atoms with Crippen molar-refractivity contribution >= 4 is 23.4 Å². The van der Waals surface area contributed by atoms with Crippen molar-refractivity contribution in [3.63, 3.8) is 0 Å². The summed E-state index contributed by atoms with van der Waals surface area (Å²) >= 11 is 7.60. The first-order valence-electron chi connectivity index (χ1n) is 10.0. The highest BCUT2D eigenvalue weighted by atomic mass is 35.5. The zero-order valence-corrected chi connectivity index (χ0v) is 20.1. The third-order valence-electron chi connectivity index (χ3n) is 4.82. The summed E-state index contributed by atoms with van der Waals surface area (Å²) in [6.07, 6.45) is 0. The van der Waals surface area contributed by atoms with Crippen LogP contribution in [-0.4, -0.2) is 46.3 Å². The molecule has 0 radical (unpaired) electrons. The summed E-state index contributed by atoms with van der Waals surface area (Å²) in [4.78, 5) is 0. The van der Waals surface area contributed by atoms with Crippen molar-refractivity contribution in [1.29, 1.82) is 0 Å². The minimum atomic E-state index is 0.349. The number of hydrogen-bond acceptors (Lipinski definition) is 9. The van der Waals surface area contributed by atoms with Gasteiger partial charge in [0.1, 0.15) is 0 Å². The van der Waals surface area contributed by atoms with E-state index in [1.54, 1.807) is 33.5 Å². The molecule has 0 amide bonds. The number of benzene rings is 2. The quantitative estimate of drug-likeness (QED) is 0.302. The maximum Gasteiger partial charge on any atom is 0.248 e.